The van der Waals surface area contributed by atoms with Crippen molar-refractivity contribution in [3.05, 3.63) is 83.1 Å². The number of para-hydroxylation sites is 1. The zero-order valence-corrected chi connectivity index (χ0v) is 18.5. The number of benzene rings is 2. The van der Waals surface area contributed by atoms with E-state index in [0.717, 1.165) is 29.1 Å². The van der Waals surface area contributed by atoms with Crippen molar-refractivity contribution in [3.63, 3.8) is 0 Å². The van der Waals surface area contributed by atoms with Gasteiger partial charge in [-0.25, -0.2) is 13.8 Å². The number of rotatable bonds is 5. The Balaban J connectivity index is 1.86. The third kappa shape index (κ3) is 4.59. The summed E-state index contributed by atoms with van der Waals surface area (Å²) in [4.78, 5) is 4.32. The van der Waals surface area contributed by atoms with E-state index >= 15 is 0 Å². The molecule has 0 saturated carbocycles. The molecule has 2 aromatic rings. The lowest BCUT2D eigenvalue weighted by atomic mass is 10.1. The Morgan fingerprint density at radius 3 is 2.22 bits per heavy atom. The molecule has 8 heteroatoms. The lowest BCUT2D eigenvalue weighted by molar-refractivity contribution is 0.244. The first-order chi connectivity index (χ1) is 15.3. The number of hydrogen-bond acceptors (Lipinski definition) is 5. The molecule has 6 nitrogen and oxygen atoms in total. The van der Waals surface area contributed by atoms with E-state index in [4.69, 9.17) is 18.9 Å². The van der Waals surface area contributed by atoms with Gasteiger partial charge in [-0.15, -0.1) is 0 Å². The van der Waals surface area contributed by atoms with E-state index in [2.05, 4.69) is 16.9 Å². The standard InChI is InChI=1S/C24H24F2N2O4/c1-13-8-7-9-14(2)24(13)28-16(4)27-11-19-15(3)32-20(12-31-19)21-22(25)17(29-5)10-18(30-6)23(21)26/h7-12H,3H2,1-2,4-6H3,(H,27,28)/b19-11+. The number of hydrogen-bond donors (Lipinski definition) is 1. The first-order valence-corrected chi connectivity index (χ1v) is 9.68. The van der Waals surface area contributed by atoms with Crippen LogP contribution in [0.3, 0.4) is 0 Å². The number of amidine groups is 1. The Morgan fingerprint density at radius 2 is 1.69 bits per heavy atom. The van der Waals surface area contributed by atoms with E-state index in [0.29, 0.717) is 5.84 Å². The lowest BCUT2D eigenvalue weighted by Gasteiger charge is -2.21. The van der Waals surface area contributed by atoms with Crippen LogP contribution in [0.2, 0.25) is 0 Å². The zero-order valence-electron chi connectivity index (χ0n) is 18.5. The number of anilines is 1. The number of aryl methyl sites for hydroxylation is 2. The third-order valence-electron chi connectivity index (χ3n) is 4.78. The monoisotopic (exact) mass is 442 g/mol. The summed E-state index contributed by atoms with van der Waals surface area (Å²) in [5, 5.41) is 3.24. The van der Waals surface area contributed by atoms with E-state index in [1.807, 2.05) is 32.0 Å². The molecule has 0 aliphatic carbocycles. The molecule has 168 valence electrons. The maximum absolute atomic E-state index is 14.7. The number of nitrogens with zero attached hydrogens (tertiary/aromatic N) is 1. The normalized spacial score (nSPS) is 15.1. The van der Waals surface area contributed by atoms with Gasteiger partial charge in [-0.3, -0.25) is 0 Å². The number of methoxy groups -OCH3 is 2. The van der Waals surface area contributed by atoms with Crippen LogP contribution in [0.25, 0.3) is 5.76 Å². The van der Waals surface area contributed by atoms with Gasteiger partial charge in [0.15, 0.2) is 40.4 Å². The first kappa shape index (κ1) is 22.9. The van der Waals surface area contributed by atoms with Gasteiger partial charge in [0.25, 0.3) is 0 Å². The Kier molecular flexibility index (Phi) is 6.82. The summed E-state index contributed by atoms with van der Waals surface area (Å²) in [6, 6.07) is 7.09. The van der Waals surface area contributed by atoms with Crippen LogP contribution >= 0.6 is 0 Å². The molecule has 0 unspecified atom stereocenters. The van der Waals surface area contributed by atoms with Gasteiger partial charge < -0.3 is 24.3 Å². The summed E-state index contributed by atoms with van der Waals surface area (Å²) in [5.74, 6) is -1.69. The van der Waals surface area contributed by atoms with E-state index in [1.165, 1.54) is 20.4 Å². The van der Waals surface area contributed by atoms with Gasteiger partial charge >= 0.3 is 0 Å². The SMILES string of the molecule is C=C1OC(c2c(F)c(OC)cc(OC)c2F)=CO/C1=C/N=C(C)Nc1c(C)cccc1C. The predicted octanol–water partition coefficient (Wildman–Crippen LogP) is 5.83. The second-order valence-electron chi connectivity index (χ2n) is 7.01. The fourth-order valence-electron chi connectivity index (χ4n) is 3.08. The minimum absolute atomic E-state index is 0.0340. The molecule has 0 fully saturated rings. The molecule has 32 heavy (non-hydrogen) atoms. The van der Waals surface area contributed by atoms with Crippen molar-refractivity contribution in [1.29, 1.82) is 0 Å². The Labute approximate surface area is 185 Å². The quantitative estimate of drug-likeness (QED) is 0.466. The van der Waals surface area contributed by atoms with Crippen LogP contribution in [0.5, 0.6) is 11.5 Å². The Morgan fingerprint density at radius 1 is 1.09 bits per heavy atom. The number of nitrogens with one attached hydrogen (secondary N) is 1. The molecule has 1 aliphatic heterocycles. The number of halogens is 2. The summed E-state index contributed by atoms with van der Waals surface area (Å²) in [7, 11) is 2.53. The van der Waals surface area contributed by atoms with Crippen LogP contribution in [-0.4, -0.2) is 20.1 Å². The van der Waals surface area contributed by atoms with Crippen molar-refractivity contribution in [2.45, 2.75) is 20.8 Å². The highest BCUT2D eigenvalue weighted by atomic mass is 19.1. The summed E-state index contributed by atoms with van der Waals surface area (Å²) in [5.41, 5.74) is 2.64. The van der Waals surface area contributed by atoms with Crippen molar-refractivity contribution in [2.24, 2.45) is 4.99 Å². The molecule has 3 rings (SSSR count). The summed E-state index contributed by atoms with van der Waals surface area (Å²) in [6.45, 7) is 9.55. The van der Waals surface area contributed by atoms with Crippen molar-refractivity contribution in [2.75, 3.05) is 19.5 Å². The molecular weight excluding hydrogens is 418 g/mol. The molecule has 0 amide bonds. The van der Waals surface area contributed by atoms with Crippen LogP contribution in [0.4, 0.5) is 14.5 Å². The fourth-order valence-corrected chi connectivity index (χ4v) is 3.08. The van der Waals surface area contributed by atoms with Crippen LogP contribution < -0.4 is 14.8 Å². The van der Waals surface area contributed by atoms with Crippen molar-refractivity contribution < 1.29 is 27.7 Å². The smallest absolute Gasteiger partial charge is 0.186 e. The lowest BCUT2D eigenvalue weighted by Crippen LogP contribution is -2.10. The molecule has 1 N–H and O–H groups in total. The van der Waals surface area contributed by atoms with E-state index in [9.17, 15) is 8.78 Å². The number of ether oxygens (including phenoxy) is 4. The molecule has 0 spiro atoms. The van der Waals surface area contributed by atoms with Crippen LogP contribution in [0, 0.1) is 25.5 Å². The van der Waals surface area contributed by atoms with Crippen LogP contribution in [0.15, 0.2) is 59.8 Å². The van der Waals surface area contributed by atoms with E-state index in [1.54, 1.807) is 6.92 Å². The van der Waals surface area contributed by atoms with Crippen molar-refractivity contribution >= 4 is 17.3 Å². The van der Waals surface area contributed by atoms with Gasteiger partial charge in [0.05, 0.1) is 26.0 Å². The molecule has 1 heterocycles. The minimum atomic E-state index is -0.951. The summed E-state index contributed by atoms with van der Waals surface area (Å²) < 4.78 is 50.3. The summed E-state index contributed by atoms with van der Waals surface area (Å²) in [6.07, 6.45) is 2.48. The molecule has 0 radical (unpaired) electrons. The molecule has 0 atom stereocenters. The van der Waals surface area contributed by atoms with Crippen molar-refractivity contribution in [1.82, 2.24) is 0 Å². The van der Waals surface area contributed by atoms with Gasteiger partial charge in [0.2, 0.25) is 0 Å². The molecule has 0 bridgehead atoms. The van der Waals surface area contributed by atoms with Gasteiger partial charge in [0, 0.05) is 11.8 Å². The molecular formula is C24H24F2N2O4. The highest BCUT2D eigenvalue weighted by Crippen LogP contribution is 2.38. The Bertz CT molecular complexity index is 1100. The van der Waals surface area contributed by atoms with Gasteiger partial charge in [-0.1, -0.05) is 24.8 Å². The Hall–Kier alpha value is -3.81. The number of aliphatic imine (C=N–C) groups is 1. The van der Waals surface area contributed by atoms with E-state index < -0.39 is 17.2 Å². The van der Waals surface area contributed by atoms with Crippen LogP contribution in [0.1, 0.15) is 23.6 Å². The average molecular weight is 442 g/mol. The van der Waals surface area contributed by atoms with Gasteiger partial charge in [-0.2, -0.15) is 0 Å². The zero-order chi connectivity index (χ0) is 23.4. The highest BCUT2D eigenvalue weighted by Gasteiger charge is 2.28. The van der Waals surface area contributed by atoms with Crippen LogP contribution in [-0.2, 0) is 9.47 Å². The average Bonchev–Trinajstić information content (AvgIpc) is 2.76. The van der Waals surface area contributed by atoms with Gasteiger partial charge in [-0.05, 0) is 31.9 Å². The largest absolute Gasteiger partial charge is 0.494 e. The molecule has 0 saturated heterocycles. The molecule has 1 aliphatic rings. The second-order valence-corrected chi connectivity index (χ2v) is 7.01. The van der Waals surface area contributed by atoms with Gasteiger partial charge in [0.1, 0.15) is 12.1 Å². The fraction of sp³-hybridized carbons (Fsp3) is 0.208. The molecule has 0 aromatic heterocycles. The second kappa shape index (κ2) is 9.55. The minimum Gasteiger partial charge on any atom is -0.494 e. The maximum atomic E-state index is 14.7. The first-order valence-electron chi connectivity index (χ1n) is 9.68. The molecule has 2 aromatic carbocycles. The maximum Gasteiger partial charge on any atom is 0.186 e. The van der Waals surface area contributed by atoms with Crippen molar-refractivity contribution in [3.8, 4) is 11.5 Å². The third-order valence-corrected chi connectivity index (χ3v) is 4.78. The van der Waals surface area contributed by atoms with E-state index in [-0.39, 0.29) is 28.8 Å². The topological polar surface area (TPSA) is 61.3 Å². The summed E-state index contributed by atoms with van der Waals surface area (Å²) >= 11 is 0. The predicted molar refractivity (Wildman–Crippen MR) is 119 cm³/mol. The highest BCUT2D eigenvalue weighted by molar-refractivity contribution is 5.95.